The third-order valence-electron chi connectivity index (χ3n) is 34.3. The number of rotatable bonds is 20. The highest BCUT2D eigenvalue weighted by molar-refractivity contribution is 5.94. The molecule has 14 N–H and O–H groups in total. The van der Waals surface area contributed by atoms with E-state index in [0.717, 1.165) is 111 Å². The van der Waals surface area contributed by atoms with E-state index < -0.39 is 198 Å². The molecular formula is C108H156O33. The van der Waals surface area contributed by atoms with Crippen LogP contribution in [0, 0.1) is 72.9 Å². The zero-order valence-corrected chi connectivity index (χ0v) is 85.5. The van der Waals surface area contributed by atoms with Crippen LogP contribution in [0.1, 0.15) is 241 Å². The summed E-state index contributed by atoms with van der Waals surface area (Å²) >= 11 is 0. The highest BCUT2D eigenvalue weighted by Gasteiger charge is 2.63. The first-order valence-electron chi connectivity index (χ1n) is 50.6. The van der Waals surface area contributed by atoms with E-state index >= 15 is 0 Å². The fraction of sp³-hybridized carbons (Fsp3) is 0.731. The van der Waals surface area contributed by atoms with Gasteiger partial charge in [0, 0.05) is 66.9 Å². The van der Waals surface area contributed by atoms with Gasteiger partial charge in [-0.3, -0.25) is 33.6 Å². The molecule has 4 heterocycles. The molecule has 0 aromatic rings. The molecule has 0 aromatic heterocycles. The first-order chi connectivity index (χ1) is 66.0. The zero-order valence-electron chi connectivity index (χ0n) is 85.5. The van der Waals surface area contributed by atoms with Gasteiger partial charge in [-0.15, -0.1) is 0 Å². The second-order valence-electron chi connectivity index (χ2n) is 45.5. The van der Waals surface area contributed by atoms with Gasteiger partial charge in [0.2, 0.25) is 0 Å². The van der Waals surface area contributed by atoms with Crippen LogP contribution in [-0.2, 0) is 90.4 Å². The molecule has 4 saturated heterocycles. The van der Waals surface area contributed by atoms with Gasteiger partial charge in [0.25, 0.3) is 0 Å². The number of carbonyl (C=O) groups excluding carboxylic acids is 7. The van der Waals surface area contributed by atoms with E-state index in [1.165, 1.54) is 67.2 Å². The standard InChI is InChI=1S/C27H36O9.C27H40O8.C27H38O8.C27H42O8/c1-13(2)16-6-7-26(4)20(31)10-27(5)17(22(16)26)9-19(35-14(3)29)15(11-28)8-21(27)36-25-24(33)23(32)18(30)12-34-25;2*1-14(2)17-6-7-26(4)8-9-27(5)18(22(17)26)11-20(34-15(3)29)16(12-28)10-21(27)35-25-24(32)23(31)19(30)13-33-25;1-14(2)17-6-7-26(4)8-9-27(5)18(22(17)26)11-19(29)16(12-33-15(3)28)10-21(27)35-25-24(32)23(31)20(30)13-34-25/h8-9,11,13,18-19,21,23-25,30,32-33H,6-7,10,12H2,1-5H3;10-11,14,19-21,23-25,28,30-32H,6-9,12-13H2,1-5H3;10-12,14,19-21,23-25,30-32H,6-9,13H2,1-5H3;10,14,18-21,23-25,29-32H,6-9,11-13H2,1-5H3/t18-,19?,21+,23+,24-,25+,26-,27-;19-,20-,21+,23+,24-,25+,26-,27-;19-,20?,21+,23+,24-,25+,26-,27-;18?,19?,20-,21+,23+,24-,25+,26-,27-/m1111/s1. The Kier molecular flexibility index (Phi) is 34.4. The molecule has 16 aliphatic rings. The minimum Gasteiger partial charge on any atom is -0.461 e. The maximum atomic E-state index is 13.7. The highest BCUT2D eigenvalue weighted by Crippen LogP contribution is 2.68. The predicted octanol–water partition coefficient (Wildman–Crippen LogP) is 8.29. The lowest BCUT2D eigenvalue weighted by Crippen LogP contribution is -2.56. The lowest BCUT2D eigenvalue weighted by molar-refractivity contribution is -0.289. The summed E-state index contributed by atoms with van der Waals surface area (Å²) in [6.07, 6.45) is -0.229. The van der Waals surface area contributed by atoms with Crippen LogP contribution in [0.15, 0.2) is 126 Å². The van der Waals surface area contributed by atoms with Crippen molar-refractivity contribution in [1.29, 1.82) is 0 Å². The summed E-state index contributed by atoms with van der Waals surface area (Å²) in [6.45, 7) is 38.6. The Bertz CT molecular complexity index is 5040. The van der Waals surface area contributed by atoms with Crippen LogP contribution in [0.2, 0.25) is 0 Å². The number of esters is 4. The fourth-order valence-electron chi connectivity index (χ4n) is 25.4. The molecule has 12 aliphatic carbocycles. The minimum atomic E-state index is -1.55. The largest absolute Gasteiger partial charge is 0.461 e. The number of carbonyl (C=O) groups is 7. The molecule has 4 unspecified atom stereocenters. The van der Waals surface area contributed by atoms with Gasteiger partial charge in [0.1, 0.15) is 117 Å². The molecular weight excluding hydrogens is 1830 g/mol. The molecule has 33 heteroatoms. The Hall–Kier alpha value is -6.85. The van der Waals surface area contributed by atoms with Crippen molar-refractivity contribution in [1.82, 2.24) is 0 Å². The first kappa shape index (κ1) is 111. The number of ketones is 1. The minimum absolute atomic E-state index is 0.00114. The number of hydrogen-bond donors (Lipinski definition) is 14. The lowest BCUT2D eigenvalue weighted by Gasteiger charge is -2.53. The van der Waals surface area contributed by atoms with Gasteiger partial charge >= 0.3 is 23.9 Å². The number of Topliss-reactive ketones (excluding diaryl/α,β-unsaturated/α-hetero) is 1. The molecule has 33 atom stereocenters. The SMILES string of the molecule is CC(=O)OC1C=C2C3=C(C(C)C)CC[C@]3(C)C(=O)C[C@@]2(C)[C@@H](O[C@@H]2OC[C@@H](O)[C@H](O)[C@H]2O)C=C1C=O.CC(=O)OC1C=C2C3=C(C(C)C)CC[C@]3(C)CC[C@@]2(C)[C@@H](O[C@@H]2OC[C@@H](O)[C@H](O)[C@H]2O)C=C1C=O.CC(=O)OCC1=C[C@H](O[C@@H]2OC[C@@H](O)[C@H](O)[C@H]2O)[C@]2(C)CC[C@@]3(C)CCC(C(C)C)=C3C2CC1O.CC(=O)O[C@@H]1C=C2C3=C(C(C)C)CC[C@]3(C)CC[C@@]2(C)[C@@H](O[C@@H]2OC[C@@H](O)[C@H](O)[C@H]2O)C=C1CO. The van der Waals surface area contributed by atoms with Crippen molar-refractivity contribution in [2.24, 2.45) is 72.9 Å². The van der Waals surface area contributed by atoms with Crippen LogP contribution < -0.4 is 0 Å². The maximum Gasteiger partial charge on any atom is 0.303 e. The Labute approximate surface area is 827 Å². The lowest BCUT2D eigenvalue weighted by atomic mass is 9.54. The number of hydrogen-bond acceptors (Lipinski definition) is 33. The molecule has 0 bridgehead atoms. The van der Waals surface area contributed by atoms with E-state index in [9.17, 15) is 105 Å². The van der Waals surface area contributed by atoms with Crippen molar-refractivity contribution in [2.45, 2.75) is 388 Å². The Morgan fingerprint density at radius 3 is 1.12 bits per heavy atom. The quantitative estimate of drug-likeness (QED) is 0.0236. The average molecular weight is 1980 g/mol. The fourth-order valence-corrected chi connectivity index (χ4v) is 25.4. The first-order valence-corrected chi connectivity index (χ1v) is 50.6. The van der Waals surface area contributed by atoms with Crippen molar-refractivity contribution < 1.29 is 162 Å². The van der Waals surface area contributed by atoms with Gasteiger partial charge in [-0.1, -0.05) is 138 Å². The van der Waals surface area contributed by atoms with E-state index in [4.69, 9.17) is 56.8 Å². The predicted molar refractivity (Wildman–Crippen MR) is 510 cm³/mol. The van der Waals surface area contributed by atoms with E-state index in [-0.39, 0.29) is 91.1 Å². The number of fused-ring (bicyclic) bond motifs is 12. The monoisotopic (exact) mass is 1980 g/mol. The second-order valence-corrected chi connectivity index (χ2v) is 45.5. The molecule has 786 valence electrons. The number of aliphatic hydroxyl groups excluding tert-OH is 14. The summed E-state index contributed by atoms with van der Waals surface area (Å²) in [5, 5.41) is 144. The molecule has 33 nitrogen and oxygen atoms in total. The summed E-state index contributed by atoms with van der Waals surface area (Å²) in [6, 6.07) is 0. The number of ether oxygens (including phenoxy) is 12. The van der Waals surface area contributed by atoms with Crippen LogP contribution in [0.3, 0.4) is 0 Å². The summed E-state index contributed by atoms with van der Waals surface area (Å²) in [5.74, 6) is -0.580. The molecule has 4 aliphatic heterocycles. The third-order valence-corrected chi connectivity index (χ3v) is 34.3. The van der Waals surface area contributed by atoms with Gasteiger partial charge in [0.15, 0.2) is 25.2 Å². The third kappa shape index (κ3) is 21.8. The number of aliphatic hydroxyl groups is 14. The molecule has 16 rings (SSSR count). The zero-order chi connectivity index (χ0) is 104. The van der Waals surface area contributed by atoms with Gasteiger partial charge < -0.3 is 128 Å². The maximum absolute atomic E-state index is 13.7. The van der Waals surface area contributed by atoms with E-state index in [1.54, 1.807) is 18.2 Å². The molecule has 0 aromatic carbocycles. The Balaban J connectivity index is 0.000000158. The van der Waals surface area contributed by atoms with Crippen LogP contribution in [0.25, 0.3) is 0 Å². The highest BCUT2D eigenvalue weighted by atomic mass is 16.7. The number of aldehydes is 2. The van der Waals surface area contributed by atoms with Crippen molar-refractivity contribution in [2.75, 3.05) is 39.6 Å². The van der Waals surface area contributed by atoms with Gasteiger partial charge in [0.05, 0.1) is 69.0 Å². The molecule has 4 saturated carbocycles. The Morgan fingerprint density at radius 1 is 0.390 bits per heavy atom. The van der Waals surface area contributed by atoms with E-state index in [1.807, 2.05) is 32.1 Å². The molecule has 0 spiro atoms. The van der Waals surface area contributed by atoms with Crippen LogP contribution >= 0.6 is 0 Å². The molecule has 8 fully saturated rings. The van der Waals surface area contributed by atoms with Gasteiger partial charge in [-0.05, 0) is 230 Å². The van der Waals surface area contributed by atoms with Crippen molar-refractivity contribution in [3.63, 3.8) is 0 Å². The number of allylic oxidation sites excluding steroid dienone is 8. The van der Waals surface area contributed by atoms with E-state index in [0.29, 0.717) is 54.3 Å². The molecule has 0 radical (unpaired) electrons. The summed E-state index contributed by atoms with van der Waals surface area (Å²) in [5.41, 5.74) is 11.3. The van der Waals surface area contributed by atoms with Crippen LogP contribution in [0.4, 0.5) is 0 Å². The summed E-state index contributed by atoms with van der Waals surface area (Å²) < 4.78 is 69.5. The molecule has 141 heavy (non-hydrogen) atoms. The normalized spacial score (nSPS) is 42.0. The summed E-state index contributed by atoms with van der Waals surface area (Å²) in [7, 11) is 0. The van der Waals surface area contributed by atoms with Gasteiger partial charge in [-0.25, -0.2) is 0 Å². The van der Waals surface area contributed by atoms with Crippen LogP contribution in [0.5, 0.6) is 0 Å². The van der Waals surface area contributed by atoms with Crippen LogP contribution in [-0.4, -0.2) is 301 Å². The van der Waals surface area contributed by atoms with E-state index in [2.05, 4.69) is 96.9 Å². The van der Waals surface area contributed by atoms with Crippen molar-refractivity contribution in [3.05, 3.63) is 126 Å². The topological polar surface area (TPSA) is 513 Å². The smallest absolute Gasteiger partial charge is 0.303 e. The Morgan fingerprint density at radius 2 is 0.730 bits per heavy atom. The second kappa shape index (κ2) is 43.5. The summed E-state index contributed by atoms with van der Waals surface area (Å²) in [4.78, 5) is 85.5. The average Bonchev–Trinajstić information content (AvgIpc) is 2.38. The molecule has 0 amide bonds. The van der Waals surface area contributed by atoms with Crippen molar-refractivity contribution in [3.8, 4) is 0 Å². The van der Waals surface area contributed by atoms with Gasteiger partial charge in [-0.2, -0.15) is 0 Å². The van der Waals surface area contributed by atoms with Crippen molar-refractivity contribution >= 4 is 42.2 Å².